The highest BCUT2D eigenvalue weighted by Crippen LogP contribution is 2.20. The number of sulfone groups is 1. The predicted octanol–water partition coefficient (Wildman–Crippen LogP) is 2.68. The van der Waals surface area contributed by atoms with Crippen LogP contribution < -0.4 is 11.1 Å². The molecule has 0 aliphatic heterocycles. The van der Waals surface area contributed by atoms with Gasteiger partial charge < -0.3 is 11.1 Å². The number of hydrogen-bond acceptors (Lipinski definition) is 4. The molecule has 3 N–H and O–H groups in total. The standard InChI is InChI=1S/C17H27FN2O3S.ClH/c1-12(2)10-17(4,11-19)20-16(21)9-13(3)24(22,23)15-7-5-14(18)6-8-15;/h5-8,12-13H,9-11,19H2,1-4H3,(H,20,21);1H. The van der Waals surface area contributed by atoms with Crippen molar-refractivity contribution in [2.45, 2.75) is 56.2 Å². The van der Waals surface area contributed by atoms with Gasteiger partial charge in [0, 0.05) is 18.5 Å². The molecule has 8 heteroatoms. The Morgan fingerprint density at radius 2 is 1.76 bits per heavy atom. The third kappa shape index (κ3) is 6.92. The average molecular weight is 395 g/mol. The van der Waals surface area contributed by atoms with Gasteiger partial charge >= 0.3 is 0 Å². The highest BCUT2D eigenvalue weighted by molar-refractivity contribution is 7.92. The normalized spacial score (nSPS) is 15.2. The first kappa shape index (κ1) is 23.8. The summed E-state index contributed by atoms with van der Waals surface area (Å²) in [6.07, 6.45) is 0.529. The van der Waals surface area contributed by atoms with Crippen LogP contribution >= 0.6 is 12.4 Å². The Bertz CT molecular complexity index is 665. The number of nitrogens with two attached hydrogens (primary N) is 1. The van der Waals surface area contributed by atoms with Gasteiger partial charge in [-0.3, -0.25) is 4.79 Å². The van der Waals surface area contributed by atoms with E-state index in [2.05, 4.69) is 5.32 Å². The van der Waals surface area contributed by atoms with Crippen LogP contribution in [0.2, 0.25) is 0 Å². The van der Waals surface area contributed by atoms with E-state index in [0.29, 0.717) is 12.3 Å². The number of carbonyl (C=O) groups is 1. The van der Waals surface area contributed by atoms with Crippen LogP contribution in [0.5, 0.6) is 0 Å². The van der Waals surface area contributed by atoms with Crippen molar-refractivity contribution in [2.24, 2.45) is 11.7 Å². The lowest BCUT2D eigenvalue weighted by molar-refractivity contribution is -0.122. The minimum Gasteiger partial charge on any atom is -0.350 e. The Hall–Kier alpha value is -1.18. The zero-order valence-electron chi connectivity index (χ0n) is 15.1. The third-order valence-corrected chi connectivity index (χ3v) is 6.05. The molecule has 2 atom stereocenters. The Labute approximate surface area is 155 Å². The Kier molecular flexibility index (Phi) is 9.05. The monoisotopic (exact) mass is 394 g/mol. The van der Waals surface area contributed by atoms with Crippen molar-refractivity contribution < 1.29 is 17.6 Å². The van der Waals surface area contributed by atoms with E-state index < -0.39 is 26.4 Å². The number of halogens is 2. The molecular weight excluding hydrogens is 367 g/mol. The van der Waals surface area contributed by atoms with Crippen LogP contribution in [0.25, 0.3) is 0 Å². The van der Waals surface area contributed by atoms with Crippen molar-refractivity contribution in [3.63, 3.8) is 0 Å². The van der Waals surface area contributed by atoms with Crippen molar-refractivity contribution in [3.05, 3.63) is 30.1 Å². The zero-order chi connectivity index (χ0) is 18.5. The van der Waals surface area contributed by atoms with Crippen LogP contribution in [0.4, 0.5) is 4.39 Å². The number of benzene rings is 1. The second-order valence-corrected chi connectivity index (χ2v) is 9.29. The summed E-state index contributed by atoms with van der Waals surface area (Å²) in [7, 11) is -3.69. The molecule has 0 saturated carbocycles. The highest BCUT2D eigenvalue weighted by Gasteiger charge is 2.30. The van der Waals surface area contributed by atoms with Crippen molar-refractivity contribution in [2.75, 3.05) is 6.54 Å². The second-order valence-electron chi connectivity index (χ2n) is 6.92. The van der Waals surface area contributed by atoms with E-state index in [1.807, 2.05) is 20.8 Å². The van der Waals surface area contributed by atoms with Crippen LogP contribution in [0.3, 0.4) is 0 Å². The topological polar surface area (TPSA) is 89.3 Å². The van der Waals surface area contributed by atoms with E-state index in [-0.39, 0.29) is 36.2 Å². The minimum atomic E-state index is -3.69. The van der Waals surface area contributed by atoms with E-state index in [1.165, 1.54) is 19.1 Å². The van der Waals surface area contributed by atoms with Crippen molar-refractivity contribution in [3.8, 4) is 0 Å². The lowest BCUT2D eigenvalue weighted by atomic mass is 9.90. The summed E-state index contributed by atoms with van der Waals surface area (Å²) < 4.78 is 37.9. The number of rotatable bonds is 8. The van der Waals surface area contributed by atoms with Gasteiger partial charge in [0.15, 0.2) is 9.84 Å². The molecule has 0 heterocycles. The lowest BCUT2D eigenvalue weighted by Crippen LogP contribution is -2.52. The molecule has 25 heavy (non-hydrogen) atoms. The van der Waals surface area contributed by atoms with Crippen LogP contribution in [-0.2, 0) is 14.6 Å². The van der Waals surface area contributed by atoms with Gasteiger partial charge in [0.05, 0.1) is 10.1 Å². The molecule has 1 aromatic rings. The Balaban J connectivity index is 0.00000576. The molecule has 0 aliphatic carbocycles. The van der Waals surface area contributed by atoms with E-state index >= 15 is 0 Å². The molecule has 1 rings (SSSR count). The average Bonchev–Trinajstić information content (AvgIpc) is 2.46. The second kappa shape index (κ2) is 9.50. The molecule has 0 aliphatic rings. The number of hydrogen-bond donors (Lipinski definition) is 2. The number of nitrogens with one attached hydrogen (secondary N) is 1. The molecule has 5 nitrogen and oxygen atoms in total. The zero-order valence-corrected chi connectivity index (χ0v) is 16.7. The van der Waals surface area contributed by atoms with Crippen LogP contribution in [-0.4, -0.2) is 31.7 Å². The molecule has 0 aromatic heterocycles. The van der Waals surface area contributed by atoms with Gasteiger partial charge in [-0.1, -0.05) is 13.8 Å². The Morgan fingerprint density at radius 1 is 1.24 bits per heavy atom. The van der Waals surface area contributed by atoms with Gasteiger partial charge in [0.25, 0.3) is 0 Å². The summed E-state index contributed by atoms with van der Waals surface area (Å²) in [6, 6.07) is 4.60. The fraction of sp³-hybridized carbons (Fsp3) is 0.588. The van der Waals surface area contributed by atoms with Crippen LogP contribution in [0.15, 0.2) is 29.2 Å². The predicted molar refractivity (Wildman–Crippen MR) is 100.0 cm³/mol. The van der Waals surface area contributed by atoms with E-state index in [1.54, 1.807) is 0 Å². The molecule has 1 aromatic carbocycles. The third-order valence-electron chi connectivity index (χ3n) is 3.90. The van der Waals surface area contributed by atoms with E-state index in [9.17, 15) is 17.6 Å². The smallest absolute Gasteiger partial charge is 0.221 e. The van der Waals surface area contributed by atoms with Crippen molar-refractivity contribution >= 4 is 28.2 Å². The fourth-order valence-electron chi connectivity index (χ4n) is 2.70. The summed E-state index contributed by atoms with van der Waals surface area (Å²) in [5, 5.41) is 1.94. The minimum absolute atomic E-state index is 0. The molecular formula is C17H28ClFN2O3S. The molecule has 0 fully saturated rings. The van der Waals surface area contributed by atoms with Crippen molar-refractivity contribution in [1.82, 2.24) is 5.32 Å². The summed E-state index contributed by atoms with van der Waals surface area (Å²) >= 11 is 0. The molecule has 0 radical (unpaired) electrons. The van der Waals surface area contributed by atoms with Gasteiger partial charge in [-0.05, 0) is 50.5 Å². The quantitative estimate of drug-likeness (QED) is 0.663. The maximum Gasteiger partial charge on any atom is 0.221 e. The van der Waals surface area contributed by atoms with Crippen LogP contribution in [0, 0.1) is 11.7 Å². The summed E-state index contributed by atoms with van der Waals surface area (Å²) in [5.74, 6) is -0.521. The summed E-state index contributed by atoms with van der Waals surface area (Å²) in [5.41, 5.74) is 5.19. The molecule has 144 valence electrons. The van der Waals surface area contributed by atoms with Gasteiger partial charge in [-0.2, -0.15) is 0 Å². The first-order chi connectivity index (χ1) is 11.0. The van der Waals surface area contributed by atoms with E-state index in [4.69, 9.17) is 5.73 Å². The first-order valence-corrected chi connectivity index (χ1v) is 9.55. The molecule has 0 spiro atoms. The molecule has 0 saturated heterocycles. The largest absolute Gasteiger partial charge is 0.350 e. The summed E-state index contributed by atoms with van der Waals surface area (Å²) in [4.78, 5) is 12.3. The van der Waals surface area contributed by atoms with E-state index in [0.717, 1.165) is 12.1 Å². The lowest BCUT2D eigenvalue weighted by Gasteiger charge is -2.31. The van der Waals surface area contributed by atoms with Crippen LogP contribution in [0.1, 0.15) is 40.5 Å². The maximum atomic E-state index is 12.9. The van der Waals surface area contributed by atoms with Gasteiger partial charge in [-0.15, -0.1) is 12.4 Å². The number of amides is 1. The summed E-state index contributed by atoms with van der Waals surface area (Å²) in [6.45, 7) is 7.66. The SMILES string of the molecule is CC(C)CC(C)(CN)NC(=O)CC(C)S(=O)(=O)c1ccc(F)cc1.Cl. The fourth-order valence-corrected chi connectivity index (χ4v) is 4.05. The highest BCUT2D eigenvalue weighted by atomic mass is 35.5. The maximum absolute atomic E-state index is 12.9. The molecule has 0 bridgehead atoms. The van der Waals surface area contributed by atoms with Gasteiger partial charge in [-0.25, -0.2) is 12.8 Å². The van der Waals surface area contributed by atoms with Gasteiger partial charge in [0.2, 0.25) is 5.91 Å². The molecule has 1 amide bonds. The number of carbonyl (C=O) groups excluding carboxylic acids is 1. The first-order valence-electron chi connectivity index (χ1n) is 8.01. The van der Waals surface area contributed by atoms with Gasteiger partial charge in [0.1, 0.15) is 5.82 Å². The Morgan fingerprint density at radius 3 is 2.20 bits per heavy atom. The van der Waals surface area contributed by atoms with Crippen molar-refractivity contribution in [1.29, 1.82) is 0 Å². The molecule has 2 unspecified atom stereocenters.